The van der Waals surface area contributed by atoms with Crippen molar-refractivity contribution < 1.29 is 4.79 Å². The van der Waals surface area contributed by atoms with Crippen LogP contribution in [0, 0.1) is 6.92 Å². The lowest BCUT2D eigenvalue weighted by atomic mass is 10.1. The van der Waals surface area contributed by atoms with Gasteiger partial charge in [0, 0.05) is 29.9 Å². The highest BCUT2D eigenvalue weighted by atomic mass is 32.1. The van der Waals surface area contributed by atoms with E-state index in [4.69, 9.17) is 0 Å². The predicted molar refractivity (Wildman–Crippen MR) is 110 cm³/mol. The summed E-state index contributed by atoms with van der Waals surface area (Å²) in [5.41, 5.74) is 3.34. The fraction of sp³-hybridized carbons (Fsp3) is 0.143. The Kier molecular flexibility index (Phi) is 4.99. The Labute approximate surface area is 165 Å². The lowest BCUT2D eigenvalue weighted by Crippen LogP contribution is -2.32. The van der Waals surface area contributed by atoms with Gasteiger partial charge in [0.25, 0.3) is 11.5 Å². The van der Waals surface area contributed by atoms with E-state index in [0.29, 0.717) is 18.6 Å². The molecule has 3 heterocycles. The number of carbonyl (C=O) groups is 1. The van der Waals surface area contributed by atoms with Crippen LogP contribution in [0.15, 0.2) is 65.0 Å². The molecular formula is C21H18N4O2S. The molecular weight excluding hydrogens is 372 g/mol. The van der Waals surface area contributed by atoms with Crippen LogP contribution in [0.4, 0.5) is 0 Å². The average Bonchev–Trinajstić information content (AvgIpc) is 3.15. The van der Waals surface area contributed by atoms with E-state index in [1.807, 2.05) is 36.6 Å². The normalized spacial score (nSPS) is 10.9. The average molecular weight is 390 g/mol. The number of pyridine rings is 1. The van der Waals surface area contributed by atoms with Gasteiger partial charge in [0.1, 0.15) is 11.2 Å². The molecule has 0 saturated carbocycles. The second-order valence-electron chi connectivity index (χ2n) is 6.36. The minimum absolute atomic E-state index is 0.0398. The van der Waals surface area contributed by atoms with Gasteiger partial charge in [-0.3, -0.25) is 14.0 Å². The molecule has 1 N–H and O–H groups in total. The van der Waals surface area contributed by atoms with Crippen molar-refractivity contribution in [2.24, 2.45) is 0 Å². The van der Waals surface area contributed by atoms with Crippen molar-refractivity contribution >= 4 is 22.9 Å². The minimum atomic E-state index is -0.412. The zero-order valence-electron chi connectivity index (χ0n) is 15.3. The number of aromatic nitrogens is 3. The summed E-state index contributed by atoms with van der Waals surface area (Å²) in [4.78, 5) is 33.5. The van der Waals surface area contributed by atoms with Crippen LogP contribution in [0.1, 0.15) is 20.9 Å². The van der Waals surface area contributed by atoms with E-state index in [9.17, 15) is 9.59 Å². The third-order valence-electron chi connectivity index (χ3n) is 4.43. The first kappa shape index (κ1) is 18.1. The monoisotopic (exact) mass is 390 g/mol. The summed E-state index contributed by atoms with van der Waals surface area (Å²) in [5, 5.41) is 5.88. The van der Waals surface area contributed by atoms with E-state index in [0.717, 1.165) is 21.8 Å². The Morgan fingerprint density at radius 2 is 2.00 bits per heavy atom. The first-order valence-corrected chi connectivity index (χ1v) is 9.76. The number of carbonyl (C=O) groups excluding carboxylic acids is 1. The van der Waals surface area contributed by atoms with E-state index in [2.05, 4.69) is 15.3 Å². The van der Waals surface area contributed by atoms with Gasteiger partial charge in [-0.05, 0) is 31.0 Å². The summed E-state index contributed by atoms with van der Waals surface area (Å²) < 4.78 is 1.37. The molecule has 0 atom stereocenters. The number of hydrogen-bond acceptors (Lipinski definition) is 5. The van der Waals surface area contributed by atoms with Crippen LogP contribution in [0.25, 0.3) is 16.9 Å². The number of aryl methyl sites for hydroxylation is 1. The summed E-state index contributed by atoms with van der Waals surface area (Å²) in [6.07, 6.45) is 3.61. The lowest BCUT2D eigenvalue weighted by molar-refractivity contribution is 0.0952. The highest BCUT2D eigenvalue weighted by Gasteiger charge is 2.12. The maximum atomic E-state index is 12.4. The molecule has 0 bridgehead atoms. The van der Waals surface area contributed by atoms with E-state index in [-0.39, 0.29) is 11.1 Å². The van der Waals surface area contributed by atoms with Crippen molar-refractivity contribution in [2.45, 2.75) is 13.3 Å². The molecule has 0 spiro atoms. The van der Waals surface area contributed by atoms with E-state index < -0.39 is 5.91 Å². The van der Waals surface area contributed by atoms with Gasteiger partial charge in [-0.15, -0.1) is 11.3 Å². The third-order valence-corrected chi connectivity index (χ3v) is 5.20. The molecule has 4 aromatic rings. The molecule has 140 valence electrons. The Morgan fingerprint density at radius 1 is 1.18 bits per heavy atom. The molecule has 0 saturated heterocycles. The number of benzene rings is 1. The number of hydrogen-bond donors (Lipinski definition) is 1. The highest BCUT2D eigenvalue weighted by Crippen LogP contribution is 2.21. The van der Waals surface area contributed by atoms with E-state index in [1.165, 1.54) is 10.6 Å². The molecule has 0 unspecified atom stereocenters. The fourth-order valence-corrected chi connectivity index (χ4v) is 3.56. The summed E-state index contributed by atoms with van der Waals surface area (Å²) in [5.74, 6) is -0.412. The summed E-state index contributed by atoms with van der Waals surface area (Å²) in [6.45, 7) is 2.42. The Bertz CT molecular complexity index is 1190. The molecule has 6 nitrogen and oxygen atoms in total. The van der Waals surface area contributed by atoms with Crippen LogP contribution < -0.4 is 10.9 Å². The molecule has 0 fully saturated rings. The maximum absolute atomic E-state index is 12.4. The van der Waals surface area contributed by atoms with Gasteiger partial charge < -0.3 is 5.32 Å². The van der Waals surface area contributed by atoms with Crippen molar-refractivity contribution in [3.8, 4) is 11.3 Å². The lowest BCUT2D eigenvalue weighted by Gasteiger charge is -2.07. The molecule has 28 heavy (non-hydrogen) atoms. The Balaban J connectivity index is 1.39. The highest BCUT2D eigenvalue weighted by molar-refractivity contribution is 7.09. The van der Waals surface area contributed by atoms with Gasteiger partial charge in [0.15, 0.2) is 0 Å². The smallest absolute Gasteiger partial charge is 0.270 e. The second-order valence-corrected chi connectivity index (χ2v) is 7.42. The van der Waals surface area contributed by atoms with Gasteiger partial charge in [0.2, 0.25) is 0 Å². The number of nitrogens with one attached hydrogen (secondary N) is 1. The largest absolute Gasteiger partial charge is 0.351 e. The van der Waals surface area contributed by atoms with Crippen molar-refractivity contribution in [1.29, 1.82) is 0 Å². The van der Waals surface area contributed by atoms with Crippen molar-refractivity contribution in [2.75, 3.05) is 6.54 Å². The van der Waals surface area contributed by atoms with E-state index >= 15 is 0 Å². The van der Waals surface area contributed by atoms with Crippen LogP contribution in [0.5, 0.6) is 0 Å². The van der Waals surface area contributed by atoms with E-state index in [1.54, 1.807) is 35.7 Å². The summed E-state index contributed by atoms with van der Waals surface area (Å²) in [7, 11) is 0. The number of rotatable bonds is 5. The fourth-order valence-electron chi connectivity index (χ4n) is 2.94. The van der Waals surface area contributed by atoms with Crippen molar-refractivity contribution in [1.82, 2.24) is 19.7 Å². The SMILES string of the molecule is Cc1nc(-c2ccc(CCNC(=O)c3cnc4ccccn4c3=O)cc2)cs1. The number of thiazole rings is 1. The van der Waals surface area contributed by atoms with Crippen molar-refractivity contribution in [3.63, 3.8) is 0 Å². The van der Waals surface area contributed by atoms with Crippen LogP contribution in [0.3, 0.4) is 0 Å². The minimum Gasteiger partial charge on any atom is -0.351 e. The van der Waals surface area contributed by atoms with Gasteiger partial charge in [-0.2, -0.15) is 0 Å². The first-order valence-electron chi connectivity index (χ1n) is 8.88. The molecule has 3 aromatic heterocycles. The second kappa shape index (κ2) is 7.74. The first-order chi connectivity index (χ1) is 13.6. The number of amides is 1. The predicted octanol–water partition coefficient (Wildman–Crippen LogP) is 3.10. The Hall–Kier alpha value is -3.32. The molecule has 0 aliphatic rings. The van der Waals surface area contributed by atoms with Gasteiger partial charge >= 0.3 is 0 Å². The number of nitrogens with zero attached hydrogens (tertiary/aromatic N) is 3. The van der Waals surface area contributed by atoms with Gasteiger partial charge in [0.05, 0.1) is 10.7 Å². The van der Waals surface area contributed by atoms with Crippen molar-refractivity contribution in [3.05, 3.63) is 86.7 Å². The summed E-state index contributed by atoms with van der Waals surface area (Å²) in [6, 6.07) is 13.4. The van der Waals surface area contributed by atoms with Gasteiger partial charge in [-0.25, -0.2) is 9.97 Å². The van der Waals surface area contributed by atoms with Gasteiger partial charge in [-0.1, -0.05) is 30.3 Å². The van der Waals surface area contributed by atoms with Crippen LogP contribution in [-0.4, -0.2) is 26.8 Å². The van der Waals surface area contributed by atoms with Crippen LogP contribution in [-0.2, 0) is 6.42 Å². The zero-order valence-corrected chi connectivity index (χ0v) is 16.1. The molecule has 0 aliphatic carbocycles. The summed E-state index contributed by atoms with van der Waals surface area (Å²) >= 11 is 1.63. The number of fused-ring (bicyclic) bond motifs is 1. The van der Waals surface area contributed by atoms with Crippen LogP contribution in [0.2, 0.25) is 0 Å². The standard InChI is InChI=1S/C21H18N4O2S/c1-14-24-18(13-28-14)16-7-5-15(6-8-16)9-10-22-20(26)17-12-23-19-4-2-3-11-25(19)21(17)27/h2-8,11-13H,9-10H2,1H3,(H,22,26). The molecule has 7 heteroatoms. The molecule has 0 aliphatic heterocycles. The zero-order chi connectivity index (χ0) is 19.5. The maximum Gasteiger partial charge on any atom is 0.270 e. The molecule has 1 amide bonds. The molecule has 4 rings (SSSR count). The Morgan fingerprint density at radius 3 is 2.75 bits per heavy atom. The quantitative estimate of drug-likeness (QED) is 0.568. The van der Waals surface area contributed by atoms with Crippen LogP contribution >= 0.6 is 11.3 Å². The molecule has 0 radical (unpaired) electrons. The topological polar surface area (TPSA) is 76.4 Å². The molecule has 1 aromatic carbocycles. The third kappa shape index (κ3) is 3.70.